The SMILES string of the molecule is CNCC(C)C(=O)NCC1(c2ccc(F)cc2)CCCCC1.Cl. The molecule has 1 atom stereocenters. The Morgan fingerprint density at radius 2 is 1.83 bits per heavy atom. The Labute approximate surface area is 144 Å². The molecule has 23 heavy (non-hydrogen) atoms. The maximum Gasteiger partial charge on any atom is 0.224 e. The minimum atomic E-state index is -0.207. The van der Waals surface area contributed by atoms with Gasteiger partial charge in [-0.05, 0) is 37.6 Å². The van der Waals surface area contributed by atoms with E-state index in [2.05, 4.69) is 10.6 Å². The van der Waals surface area contributed by atoms with Gasteiger partial charge in [0, 0.05) is 24.4 Å². The van der Waals surface area contributed by atoms with Crippen LogP contribution in [0.5, 0.6) is 0 Å². The molecule has 1 aromatic rings. The lowest BCUT2D eigenvalue weighted by Crippen LogP contribution is -2.44. The van der Waals surface area contributed by atoms with E-state index >= 15 is 0 Å². The largest absolute Gasteiger partial charge is 0.355 e. The minimum Gasteiger partial charge on any atom is -0.355 e. The standard InChI is InChI=1S/C18H27FN2O.ClH/c1-14(12-20-2)17(22)21-13-18(10-4-3-5-11-18)15-6-8-16(19)9-7-15;/h6-9,14,20H,3-5,10-13H2,1-2H3,(H,21,22);1H. The van der Waals surface area contributed by atoms with Crippen LogP contribution in [-0.4, -0.2) is 26.0 Å². The first-order valence-electron chi connectivity index (χ1n) is 8.26. The maximum atomic E-state index is 13.2. The van der Waals surface area contributed by atoms with Crippen molar-refractivity contribution in [3.05, 3.63) is 35.6 Å². The molecule has 0 heterocycles. The van der Waals surface area contributed by atoms with Gasteiger partial charge in [0.2, 0.25) is 5.91 Å². The van der Waals surface area contributed by atoms with E-state index in [1.807, 2.05) is 26.1 Å². The van der Waals surface area contributed by atoms with Crippen LogP contribution >= 0.6 is 12.4 Å². The second-order valence-corrected chi connectivity index (χ2v) is 6.52. The molecule has 5 heteroatoms. The zero-order chi connectivity index (χ0) is 16.0. The monoisotopic (exact) mass is 342 g/mol. The lowest BCUT2D eigenvalue weighted by atomic mass is 9.69. The van der Waals surface area contributed by atoms with Crippen LogP contribution in [0.15, 0.2) is 24.3 Å². The van der Waals surface area contributed by atoms with E-state index < -0.39 is 0 Å². The molecule has 2 rings (SSSR count). The number of carbonyl (C=O) groups is 1. The number of hydrogen-bond donors (Lipinski definition) is 2. The number of halogens is 2. The third kappa shape index (κ3) is 5.18. The van der Waals surface area contributed by atoms with Crippen molar-refractivity contribution in [3.8, 4) is 0 Å². The summed E-state index contributed by atoms with van der Waals surface area (Å²) in [6.45, 7) is 3.25. The quantitative estimate of drug-likeness (QED) is 0.831. The Balaban J connectivity index is 0.00000264. The summed E-state index contributed by atoms with van der Waals surface area (Å²) in [6.07, 6.45) is 5.68. The summed E-state index contributed by atoms with van der Waals surface area (Å²) in [7, 11) is 1.85. The highest BCUT2D eigenvalue weighted by Gasteiger charge is 2.34. The molecule has 1 aromatic carbocycles. The zero-order valence-corrected chi connectivity index (χ0v) is 14.8. The highest BCUT2D eigenvalue weighted by atomic mass is 35.5. The number of amides is 1. The average Bonchev–Trinajstić information content (AvgIpc) is 2.54. The molecule has 1 saturated carbocycles. The van der Waals surface area contributed by atoms with Gasteiger partial charge in [-0.15, -0.1) is 12.4 Å². The fraction of sp³-hybridized carbons (Fsp3) is 0.611. The van der Waals surface area contributed by atoms with Crippen molar-refractivity contribution in [2.75, 3.05) is 20.1 Å². The highest BCUT2D eigenvalue weighted by Crippen LogP contribution is 2.39. The first-order chi connectivity index (χ1) is 10.6. The topological polar surface area (TPSA) is 41.1 Å². The molecule has 0 spiro atoms. The van der Waals surface area contributed by atoms with Crippen LogP contribution in [0.25, 0.3) is 0 Å². The summed E-state index contributed by atoms with van der Waals surface area (Å²) in [5.41, 5.74) is 1.11. The number of hydrogen-bond acceptors (Lipinski definition) is 2. The van der Waals surface area contributed by atoms with Crippen molar-refractivity contribution < 1.29 is 9.18 Å². The van der Waals surface area contributed by atoms with Crippen molar-refractivity contribution in [2.45, 2.75) is 44.4 Å². The molecule has 1 fully saturated rings. The number of carbonyl (C=O) groups excluding carboxylic acids is 1. The smallest absolute Gasteiger partial charge is 0.224 e. The summed E-state index contributed by atoms with van der Waals surface area (Å²) in [5.74, 6) is -0.165. The third-order valence-corrected chi connectivity index (χ3v) is 4.83. The van der Waals surface area contributed by atoms with Crippen LogP contribution < -0.4 is 10.6 Å². The van der Waals surface area contributed by atoms with E-state index in [0.29, 0.717) is 13.1 Å². The first kappa shape index (κ1) is 19.9. The second kappa shape index (κ2) is 9.24. The Hall–Kier alpha value is -1.13. The lowest BCUT2D eigenvalue weighted by molar-refractivity contribution is -0.124. The third-order valence-electron chi connectivity index (χ3n) is 4.83. The van der Waals surface area contributed by atoms with E-state index in [-0.39, 0.29) is 35.5 Å². The van der Waals surface area contributed by atoms with Gasteiger partial charge in [0.05, 0.1) is 0 Å². The molecule has 1 aliphatic rings. The molecule has 0 aromatic heterocycles. The van der Waals surface area contributed by atoms with Gasteiger partial charge in [0.1, 0.15) is 5.82 Å². The van der Waals surface area contributed by atoms with E-state index in [9.17, 15) is 9.18 Å². The van der Waals surface area contributed by atoms with Crippen molar-refractivity contribution in [2.24, 2.45) is 5.92 Å². The Bertz CT molecular complexity index is 486. The van der Waals surface area contributed by atoms with Gasteiger partial charge < -0.3 is 10.6 Å². The summed E-state index contributed by atoms with van der Waals surface area (Å²) in [6, 6.07) is 6.81. The van der Waals surface area contributed by atoms with E-state index in [4.69, 9.17) is 0 Å². The molecular weight excluding hydrogens is 315 g/mol. The van der Waals surface area contributed by atoms with Gasteiger partial charge in [-0.1, -0.05) is 38.3 Å². The van der Waals surface area contributed by atoms with Crippen molar-refractivity contribution in [1.82, 2.24) is 10.6 Å². The van der Waals surface area contributed by atoms with Gasteiger partial charge in [0.25, 0.3) is 0 Å². The van der Waals surface area contributed by atoms with E-state index in [1.54, 1.807) is 0 Å². The summed E-state index contributed by atoms with van der Waals surface area (Å²) in [5, 5.41) is 6.15. The molecule has 1 aliphatic carbocycles. The first-order valence-corrected chi connectivity index (χ1v) is 8.26. The summed E-state index contributed by atoms with van der Waals surface area (Å²) < 4.78 is 13.2. The molecule has 3 nitrogen and oxygen atoms in total. The van der Waals surface area contributed by atoms with Crippen LogP contribution in [0, 0.1) is 11.7 Å². The molecule has 130 valence electrons. The molecule has 1 amide bonds. The summed E-state index contributed by atoms with van der Waals surface area (Å²) >= 11 is 0. The molecule has 0 saturated heterocycles. The predicted octanol–water partition coefficient (Wildman–Crippen LogP) is 3.42. The maximum absolute atomic E-state index is 13.2. The molecule has 0 aliphatic heterocycles. The number of rotatable bonds is 6. The summed E-state index contributed by atoms with van der Waals surface area (Å²) in [4.78, 5) is 12.2. The molecule has 0 radical (unpaired) electrons. The second-order valence-electron chi connectivity index (χ2n) is 6.52. The van der Waals surface area contributed by atoms with E-state index in [0.717, 1.165) is 18.4 Å². The Morgan fingerprint density at radius 1 is 1.22 bits per heavy atom. The van der Waals surface area contributed by atoms with Gasteiger partial charge in [-0.3, -0.25) is 4.79 Å². The average molecular weight is 343 g/mol. The number of benzene rings is 1. The highest BCUT2D eigenvalue weighted by molar-refractivity contribution is 5.85. The molecular formula is C18H28ClFN2O. The molecule has 0 bridgehead atoms. The van der Waals surface area contributed by atoms with E-state index in [1.165, 1.54) is 31.4 Å². The van der Waals surface area contributed by atoms with Crippen LogP contribution in [0.2, 0.25) is 0 Å². The van der Waals surface area contributed by atoms with Crippen LogP contribution in [-0.2, 0) is 10.2 Å². The minimum absolute atomic E-state index is 0. The van der Waals surface area contributed by atoms with Gasteiger partial charge in [-0.25, -0.2) is 4.39 Å². The zero-order valence-electron chi connectivity index (χ0n) is 14.0. The normalized spacial score (nSPS) is 17.9. The molecule has 2 N–H and O–H groups in total. The van der Waals surface area contributed by atoms with Crippen molar-refractivity contribution >= 4 is 18.3 Å². The van der Waals surface area contributed by atoms with Crippen LogP contribution in [0.3, 0.4) is 0 Å². The fourth-order valence-corrected chi connectivity index (χ4v) is 3.43. The lowest BCUT2D eigenvalue weighted by Gasteiger charge is -2.38. The van der Waals surface area contributed by atoms with Crippen molar-refractivity contribution in [1.29, 1.82) is 0 Å². The Morgan fingerprint density at radius 3 is 2.39 bits per heavy atom. The predicted molar refractivity (Wildman–Crippen MR) is 94.5 cm³/mol. The fourth-order valence-electron chi connectivity index (χ4n) is 3.43. The van der Waals surface area contributed by atoms with Gasteiger partial charge in [0.15, 0.2) is 0 Å². The Kier molecular flexibility index (Phi) is 8.00. The van der Waals surface area contributed by atoms with Crippen LogP contribution in [0.1, 0.15) is 44.6 Å². The van der Waals surface area contributed by atoms with Crippen LogP contribution in [0.4, 0.5) is 4.39 Å². The van der Waals surface area contributed by atoms with Gasteiger partial charge >= 0.3 is 0 Å². The van der Waals surface area contributed by atoms with Gasteiger partial charge in [-0.2, -0.15) is 0 Å². The molecule has 1 unspecified atom stereocenters. The number of nitrogens with one attached hydrogen (secondary N) is 2. The van der Waals surface area contributed by atoms with Crippen molar-refractivity contribution in [3.63, 3.8) is 0 Å².